The summed E-state index contributed by atoms with van der Waals surface area (Å²) in [6, 6.07) is 0. The fourth-order valence-electron chi connectivity index (χ4n) is 1.97. The Kier molecular flexibility index (Phi) is 5.86. The molecule has 15 heavy (non-hydrogen) atoms. The molecule has 0 spiro atoms. The van der Waals surface area contributed by atoms with Gasteiger partial charge in [0.05, 0.1) is 6.42 Å². The molecule has 90 valence electrons. The standard InChI is InChI=1S/C12H23BrO2/c1-5-11(3,7-10(14)15)8-12(4,6-2)9-13/h5-9H2,1-4H3,(H,14,15)/t11?,12-/m1/s1. The van der Waals surface area contributed by atoms with E-state index in [1.807, 2.05) is 0 Å². The number of hydrogen-bond donors (Lipinski definition) is 1. The molecule has 0 aromatic carbocycles. The molecule has 1 unspecified atom stereocenters. The summed E-state index contributed by atoms with van der Waals surface area (Å²) < 4.78 is 0. The third-order valence-corrected chi connectivity index (χ3v) is 4.82. The van der Waals surface area contributed by atoms with Gasteiger partial charge in [-0.1, -0.05) is 50.0 Å². The van der Waals surface area contributed by atoms with Gasteiger partial charge in [0.2, 0.25) is 0 Å². The van der Waals surface area contributed by atoms with E-state index >= 15 is 0 Å². The average Bonchev–Trinajstić information content (AvgIpc) is 2.16. The van der Waals surface area contributed by atoms with Crippen LogP contribution < -0.4 is 0 Å². The SMILES string of the molecule is CCC(C)(CC(=O)O)C[C@@](C)(CC)CBr. The van der Waals surface area contributed by atoms with Gasteiger partial charge in [-0.05, 0) is 23.7 Å². The van der Waals surface area contributed by atoms with Gasteiger partial charge in [0.15, 0.2) is 0 Å². The molecule has 2 atom stereocenters. The van der Waals surface area contributed by atoms with Gasteiger partial charge >= 0.3 is 5.97 Å². The fraction of sp³-hybridized carbons (Fsp3) is 0.917. The second kappa shape index (κ2) is 5.88. The second-order valence-electron chi connectivity index (χ2n) is 5.21. The summed E-state index contributed by atoms with van der Waals surface area (Å²) in [7, 11) is 0. The topological polar surface area (TPSA) is 37.3 Å². The Morgan fingerprint density at radius 1 is 1.20 bits per heavy atom. The molecule has 0 fully saturated rings. The number of aliphatic carboxylic acids is 1. The van der Waals surface area contributed by atoms with Crippen LogP contribution in [0.25, 0.3) is 0 Å². The number of carbonyl (C=O) groups is 1. The van der Waals surface area contributed by atoms with Gasteiger partial charge in [0.1, 0.15) is 0 Å². The van der Waals surface area contributed by atoms with Crippen molar-refractivity contribution in [1.82, 2.24) is 0 Å². The molecule has 0 aromatic rings. The van der Waals surface area contributed by atoms with E-state index in [-0.39, 0.29) is 17.3 Å². The van der Waals surface area contributed by atoms with Crippen LogP contribution in [0.4, 0.5) is 0 Å². The first kappa shape index (κ1) is 14.9. The van der Waals surface area contributed by atoms with Crippen LogP contribution in [-0.4, -0.2) is 16.4 Å². The first-order chi connectivity index (χ1) is 6.81. The molecule has 2 nitrogen and oxygen atoms in total. The Balaban J connectivity index is 4.61. The monoisotopic (exact) mass is 278 g/mol. The lowest BCUT2D eigenvalue weighted by atomic mass is 9.70. The molecule has 1 N–H and O–H groups in total. The summed E-state index contributed by atoms with van der Waals surface area (Å²) in [5, 5.41) is 9.85. The molecule has 0 radical (unpaired) electrons. The highest BCUT2D eigenvalue weighted by molar-refractivity contribution is 9.09. The molecule has 0 aliphatic rings. The zero-order chi connectivity index (χ0) is 12.1. The third-order valence-electron chi connectivity index (χ3n) is 3.46. The van der Waals surface area contributed by atoms with Crippen molar-refractivity contribution >= 4 is 21.9 Å². The van der Waals surface area contributed by atoms with Gasteiger partial charge in [-0.25, -0.2) is 0 Å². The Hall–Kier alpha value is -0.0500. The largest absolute Gasteiger partial charge is 0.481 e. The Bertz CT molecular complexity index is 212. The number of hydrogen-bond acceptors (Lipinski definition) is 1. The zero-order valence-corrected chi connectivity index (χ0v) is 11.9. The third kappa shape index (κ3) is 5.01. The van der Waals surface area contributed by atoms with Gasteiger partial charge in [-0.3, -0.25) is 4.79 Å². The minimum atomic E-state index is -0.688. The fourth-order valence-corrected chi connectivity index (χ4v) is 2.57. The lowest BCUT2D eigenvalue weighted by Gasteiger charge is -2.37. The van der Waals surface area contributed by atoms with Gasteiger partial charge in [-0.2, -0.15) is 0 Å². The average molecular weight is 279 g/mol. The van der Waals surface area contributed by atoms with Gasteiger partial charge in [-0.15, -0.1) is 0 Å². The summed E-state index contributed by atoms with van der Waals surface area (Å²) >= 11 is 3.53. The summed E-state index contributed by atoms with van der Waals surface area (Å²) in [4.78, 5) is 10.8. The Morgan fingerprint density at radius 3 is 1.93 bits per heavy atom. The number of alkyl halides is 1. The molecule has 0 aromatic heterocycles. The molecule has 0 heterocycles. The molecular weight excluding hydrogens is 256 g/mol. The van der Waals surface area contributed by atoms with E-state index in [0.717, 1.165) is 24.6 Å². The highest BCUT2D eigenvalue weighted by Crippen LogP contribution is 2.42. The van der Waals surface area contributed by atoms with Crippen molar-refractivity contribution in [2.45, 2.75) is 53.4 Å². The van der Waals surface area contributed by atoms with Crippen molar-refractivity contribution in [1.29, 1.82) is 0 Å². The number of carboxylic acids is 1. The minimum absolute atomic E-state index is 0.0790. The molecule has 0 rings (SSSR count). The van der Waals surface area contributed by atoms with E-state index in [9.17, 15) is 4.79 Å². The van der Waals surface area contributed by atoms with Crippen LogP contribution in [0.2, 0.25) is 0 Å². The maximum absolute atomic E-state index is 10.8. The highest BCUT2D eigenvalue weighted by Gasteiger charge is 2.34. The van der Waals surface area contributed by atoms with Crippen molar-refractivity contribution in [3.8, 4) is 0 Å². The number of halogens is 1. The first-order valence-corrected chi connectivity index (χ1v) is 6.71. The molecule has 0 amide bonds. The second-order valence-corrected chi connectivity index (χ2v) is 5.77. The van der Waals surface area contributed by atoms with E-state index in [1.165, 1.54) is 0 Å². The number of rotatable bonds is 7. The summed E-state index contributed by atoms with van der Waals surface area (Å²) in [5.74, 6) is -0.688. The van der Waals surface area contributed by atoms with E-state index in [2.05, 4.69) is 43.6 Å². The molecule has 0 aliphatic carbocycles. The van der Waals surface area contributed by atoms with E-state index in [1.54, 1.807) is 0 Å². The minimum Gasteiger partial charge on any atom is -0.481 e. The predicted octanol–water partition coefficient (Wildman–Crippen LogP) is 4.08. The smallest absolute Gasteiger partial charge is 0.303 e. The van der Waals surface area contributed by atoms with Crippen molar-refractivity contribution in [2.75, 3.05) is 5.33 Å². The van der Waals surface area contributed by atoms with Gasteiger partial charge in [0, 0.05) is 5.33 Å². The lowest BCUT2D eigenvalue weighted by molar-refractivity contribution is -0.140. The van der Waals surface area contributed by atoms with Crippen LogP contribution in [0.3, 0.4) is 0 Å². The van der Waals surface area contributed by atoms with Gasteiger partial charge < -0.3 is 5.11 Å². The van der Waals surface area contributed by atoms with Crippen LogP contribution in [0.1, 0.15) is 53.4 Å². The summed E-state index contributed by atoms with van der Waals surface area (Å²) in [5.41, 5.74) is 0.130. The zero-order valence-electron chi connectivity index (χ0n) is 10.3. The van der Waals surface area contributed by atoms with Crippen LogP contribution in [0.15, 0.2) is 0 Å². The Morgan fingerprint density at radius 2 is 1.67 bits per heavy atom. The van der Waals surface area contributed by atoms with Crippen LogP contribution in [0, 0.1) is 10.8 Å². The van der Waals surface area contributed by atoms with Crippen molar-refractivity contribution in [2.24, 2.45) is 10.8 Å². The van der Waals surface area contributed by atoms with Gasteiger partial charge in [0.25, 0.3) is 0 Å². The Labute approximate surface area is 102 Å². The summed E-state index contributed by atoms with van der Waals surface area (Å²) in [6.45, 7) is 8.54. The number of carboxylic acid groups (broad SMARTS) is 1. The molecule has 0 saturated heterocycles. The van der Waals surface area contributed by atoms with Crippen molar-refractivity contribution in [3.63, 3.8) is 0 Å². The van der Waals surface area contributed by atoms with Crippen molar-refractivity contribution < 1.29 is 9.90 Å². The molecule has 0 saturated carbocycles. The lowest BCUT2D eigenvalue weighted by Crippen LogP contribution is -2.30. The quantitative estimate of drug-likeness (QED) is 0.713. The first-order valence-electron chi connectivity index (χ1n) is 5.58. The highest BCUT2D eigenvalue weighted by atomic mass is 79.9. The molecule has 3 heteroatoms. The predicted molar refractivity (Wildman–Crippen MR) is 67.5 cm³/mol. The molecular formula is C12H23BrO2. The van der Waals surface area contributed by atoms with E-state index < -0.39 is 5.97 Å². The molecule has 0 bridgehead atoms. The summed E-state index contributed by atoms with van der Waals surface area (Å²) in [6.07, 6.45) is 3.23. The van der Waals surface area contributed by atoms with E-state index in [0.29, 0.717) is 0 Å². The van der Waals surface area contributed by atoms with Crippen LogP contribution >= 0.6 is 15.9 Å². The van der Waals surface area contributed by atoms with Crippen molar-refractivity contribution in [3.05, 3.63) is 0 Å². The maximum atomic E-state index is 10.8. The molecule has 0 aliphatic heterocycles. The van der Waals surface area contributed by atoms with Crippen LogP contribution in [0.5, 0.6) is 0 Å². The maximum Gasteiger partial charge on any atom is 0.303 e. The van der Waals surface area contributed by atoms with E-state index in [4.69, 9.17) is 5.11 Å². The van der Waals surface area contributed by atoms with Crippen LogP contribution in [-0.2, 0) is 4.79 Å². The normalized spacial score (nSPS) is 19.3.